The van der Waals surface area contributed by atoms with E-state index >= 15 is 0 Å². The van der Waals surface area contributed by atoms with Gasteiger partial charge in [-0.1, -0.05) is 35.9 Å². The lowest BCUT2D eigenvalue weighted by molar-refractivity contribution is -0.145. The van der Waals surface area contributed by atoms with E-state index in [-0.39, 0.29) is 40.0 Å². The summed E-state index contributed by atoms with van der Waals surface area (Å²) in [5, 5.41) is 11.2. The first kappa shape index (κ1) is 24.6. The van der Waals surface area contributed by atoms with Crippen molar-refractivity contribution in [2.24, 2.45) is 17.8 Å². The Morgan fingerprint density at radius 3 is 2.53 bits per heavy atom. The Morgan fingerprint density at radius 1 is 1.14 bits per heavy atom. The molecular formula is C29H28BrNO5. The number of imide groups is 1. The minimum absolute atomic E-state index is 0.0527. The average molecular weight is 550 g/mol. The Kier molecular flexibility index (Phi) is 5.82. The van der Waals surface area contributed by atoms with Gasteiger partial charge in [-0.15, -0.1) is 6.58 Å². The molecule has 1 fully saturated rings. The van der Waals surface area contributed by atoms with Crippen molar-refractivity contribution in [3.8, 4) is 5.75 Å². The molecule has 7 heteroatoms. The first-order valence-electron chi connectivity index (χ1n) is 12.2. The number of phenols is 1. The fourth-order valence-electron chi connectivity index (χ4n) is 6.39. The van der Waals surface area contributed by atoms with E-state index in [4.69, 9.17) is 0 Å². The van der Waals surface area contributed by atoms with E-state index < -0.39 is 29.2 Å². The Morgan fingerprint density at radius 2 is 1.86 bits per heavy atom. The number of allylic oxidation sites excluding steroid dienone is 7. The van der Waals surface area contributed by atoms with Crippen molar-refractivity contribution in [3.63, 3.8) is 0 Å². The summed E-state index contributed by atoms with van der Waals surface area (Å²) in [6.45, 7) is 9.28. The summed E-state index contributed by atoms with van der Waals surface area (Å²) in [6.07, 6.45) is 5.96. The van der Waals surface area contributed by atoms with Gasteiger partial charge >= 0.3 is 0 Å². The van der Waals surface area contributed by atoms with Gasteiger partial charge in [0.1, 0.15) is 5.75 Å². The summed E-state index contributed by atoms with van der Waals surface area (Å²) in [4.78, 5) is 55.0. The number of halogens is 1. The molecule has 5 rings (SSSR count). The number of benzene rings is 1. The molecule has 1 saturated heterocycles. The number of fused-ring (bicyclic) bond motifs is 3. The molecule has 0 radical (unpaired) electrons. The van der Waals surface area contributed by atoms with Gasteiger partial charge in [0.2, 0.25) is 11.8 Å². The summed E-state index contributed by atoms with van der Waals surface area (Å²) in [6, 6.07) is 5.38. The van der Waals surface area contributed by atoms with Crippen LogP contribution in [0.15, 0.2) is 64.2 Å². The summed E-state index contributed by atoms with van der Waals surface area (Å²) in [5.74, 6) is -3.16. The number of hydrogen-bond donors (Lipinski definition) is 1. The summed E-state index contributed by atoms with van der Waals surface area (Å²) in [5.41, 5.74) is 2.05. The van der Waals surface area contributed by atoms with Crippen LogP contribution in [0.25, 0.3) is 0 Å². The van der Waals surface area contributed by atoms with Crippen molar-refractivity contribution in [1.29, 1.82) is 0 Å². The number of rotatable bonds is 3. The molecule has 6 nitrogen and oxygen atoms in total. The van der Waals surface area contributed by atoms with Crippen LogP contribution in [0.4, 0.5) is 0 Å². The van der Waals surface area contributed by atoms with Crippen LogP contribution in [-0.2, 0) is 25.6 Å². The number of para-hydroxylation sites is 1. The monoisotopic (exact) mass is 549 g/mol. The van der Waals surface area contributed by atoms with Gasteiger partial charge in [0.25, 0.3) is 0 Å². The second-order valence-electron chi connectivity index (χ2n) is 10.9. The van der Waals surface area contributed by atoms with Gasteiger partial charge in [-0.05, 0) is 67.4 Å². The molecule has 4 aliphatic rings. The molecule has 0 aromatic heterocycles. The molecule has 4 atom stereocenters. The SMILES string of the molecule is C=CCc1cccc(C2C3=CCC4C(=O)N(C(C)(C)C)C(=O)C4C3CC3=C2C(=O)C=C(Br)C3=O)c1O. The maximum Gasteiger partial charge on any atom is 0.234 e. The third-order valence-corrected chi connectivity index (χ3v) is 8.42. The number of hydrogen-bond acceptors (Lipinski definition) is 5. The van der Waals surface area contributed by atoms with Crippen molar-refractivity contribution >= 4 is 39.3 Å². The lowest BCUT2D eigenvalue weighted by Gasteiger charge is -2.42. The van der Waals surface area contributed by atoms with E-state index in [2.05, 4.69) is 22.5 Å². The molecule has 186 valence electrons. The van der Waals surface area contributed by atoms with E-state index in [1.807, 2.05) is 32.9 Å². The van der Waals surface area contributed by atoms with Crippen LogP contribution in [0.3, 0.4) is 0 Å². The Bertz CT molecular complexity index is 1340. The van der Waals surface area contributed by atoms with E-state index in [0.29, 0.717) is 35.1 Å². The lowest BCUT2D eigenvalue weighted by Crippen LogP contribution is -2.46. The Hall–Kier alpha value is -3.06. The topological polar surface area (TPSA) is 91.8 Å². The number of likely N-dealkylation sites (tertiary alicyclic amines) is 1. The Balaban J connectivity index is 1.71. The van der Waals surface area contributed by atoms with Gasteiger partial charge in [0.15, 0.2) is 11.6 Å². The van der Waals surface area contributed by atoms with Crippen LogP contribution in [0, 0.1) is 17.8 Å². The summed E-state index contributed by atoms with van der Waals surface area (Å²) < 4.78 is 0.180. The minimum Gasteiger partial charge on any atom is -0.507 e. The highest BCUT2D eigenvalue weighted by atomic mass is 79.9. The van der Waals surface area contributed by atoms with E-state index in [1.54, 1.807) is 18.2 Å². The molecule has 2 amide bonds. The molecule has 0 spiro atoms. The predicted molar refractivity (Wildman–Crippen MR) is 138 cm³/mol. The largest absolute Gasteiger partial charge is 0.507 e. The van der Waals surface area contributed by atoms with Gasteiger partial charge in [0.05, 0.1) is 16.3 Å². The van der Waals surface area contributed by atoms with Crippen LogP contribution in [-0.4, -0.2) is 38.9 Å². The zero-order valence-electron chi connectivity index (χ0n) is 20.5. The van der Waals surface area contributed by atoms with Crippen molar-refractivity contribution in [2.75, 3.05) is 0 Å². The zero-order valence-corrected chi connectivity index (χ0v) is 22.1. The first-order chi connectivity index (χ1) is 17.0. The van der Waals surface area contributed by atoms with Gasteiger partial charge in [-0.2, -0.15) is 0 Å². The molecule has 1 N–H and O–H groups in total. The molecule has 1 heterocycles. The molecule has 1 aromatic carbocycles. The van der Waals surface area contributed by atoms with Gasteiger partial charge in [-0.3, -0.25) is 24.1 Å². The van der Waals surface area contributed by atoms with Gasteiger partial charge in [-0.25, -0.2) is 0 Å². The predicted octanol–water partition coefficient (Wildman–Crippen LogP) is 4.68. The highest BCUT2D eigenvalue weighted by Gasteiger charge is 2.58. The molecule has 0 bridgehead atoms. The van der Waals surface area contributed by atoms with Crippen molar-refractivity contribution in [1.82, 2.24) is 4.90 Å². The molecule has 1 aliphatic heterocycles. The molecule has 36 heavy (non-hydrogen) atoms. The van der Waals surface area contributed by atoms with Crippen LogP contribution in [0.2, 0.25) is 0 Å². The lowest BCUT2D eigenvalue weighted by atomic mass is 9.59. The number of amides is 2. The maximum absolute atomic E-state index is 13.7. The molecule has 1 aromatic rings. The quantitative estimate of drug-likeness (QED) is 0.335. The van der Waals surface area contributed by atoms with E-state index in [1.165, 1.54) is 11.0 Å². The highest BCUT2D eigenvalue weighted by Crippen LogP contribution is 2.56. The van der Waals surface area contributed by atoms with Gasteiger partial charge < -0.3 is 5.11 Å². The van der Waals surface area contributed by atoms with Crippen molar-refractivity contribution < 1.29 is 24.3 Å². The second-order valence-corrected chi connectivity index (χ2v) is 11.8. The van der Waals surface area contributed by atoms with Crippen molar-refractivity contribution in [2.45, 2.75) is 51.5 Å². The highest BCUT2D eigenvalue weighted by molar-refractivity contribution is 9.12. The van der Waals surface area contributed by atoms with Crippen LogP contribution in [0.5, 0.6) is 5.75 Å². The van der Waals surface area contributed by atoms with Gasteiger partial charge in [0, 0.05) is 34.2 Å². The number of ketones is 2. The summed E-state index contributed by atoms with van der Waals surface area (Å²) in [7, 11) is 0. The van der Waals surface area contributed by atoms with E-state index in [9.17, 15) is 24.3 Å². The third-order valence-electron chi connectivity index (χ3n) is 7.83. The number of nitrogens with zero attached hydrogens (tertiary/aromatic N) is 1. The number of aromatic hydroxyl groups is 1. The number of phenolic OH excluding ortho intramolecular Hbond substituents is 1. The maximum atomic E-state index is 13.7. The van der Waals surface area contributed by atoms with Crippen molar-refractivity contribution in [3.05, 3.63) is 75.3 Å². The average Bonchev–Trinajstić information content (AvgIpc) is 3.08. The number of Topliss-reactive ketones (excluding diaryl/α,β-unsaturated/α-hetero) is 1. The van der Waals surface area contributed by atoms with E-state index in [0.717, 1.165) is 5.57 Å². The van der Waals surface area contributed by atoms with Crippen LogP contribution >= 0.6 is 15.9 Å². The number of carbonyl (C=O) groups excluding carboxylic acids is 4. The second kappa shape index (κ2) is 8.51. The first-order valence-corrected chi connectivity index (χ1v) is 13.0. The summed E-state index contributed by atoms with van der Waals surface area (Å²) >= 11 is 3.23. The zero-order chi connectivity index (χ0) is 26.1. The normalized spacial score (nSPS) is 27.9. The smallest absolute Gasteiger partial charge is 0.234 e. The molecule has 0 saturated carbocycles. The number of carbonyl (C=O) groups is 4. The molecule has 4 unspecified atom stereocenters. The minimum atomic E-state index is -0.677. The molecule has 3 aliphatic carbocycles. The standard InChI is InChI=1S/C29H28BrNO5/c1-5-7-14-8-6-9-16(25(14)33)22-15-10-11-17-23(28(36)31(27(17)35)29(2,3)4)18(15)12-19-24(22)21(32)13-20(30)26(19)34/h5-6,8-10,13,17-18,22-23,33H,1,7,11-12H2,2-4H3. The fourth-order valence-corrected chi connectivity index (χ4v) is 6.83. The third kappa shape index (κ3) is 3.51. The fraction of sp³-hybridized carbons (Fsp3) is 0.379. The Labute approximate surface area is 218 Å². The van der Waals surface area contributed by atoms with Crippen LogP contribution < -0.4 is 0 Å². The van der Waals surface area contributed by atoms with Crippen LogP contribution in [0.1, 0.15) is 50.7 Å². The molecular weight excluding hydrogens is 522 g/mol.